The lowest BCUT2D eigenvalue weighted by Crippen LogP contribution is -2.36. The van der Waals surface area contributed by atoms with E-state index in [0.29, 0.717) is 12.5 Å². The second-order valence-corrected chi connectivity index (χ2v) is 4.95. The molecule has 15 heavy (non-hydrogen) atoms. The molecule has 0 rings (SSSR count). The summed E-state index contributed by atoms with van der Waals surface area (Å²) in [5, 5.41) is 0. The van der Waals surface area contributed by atoms with E-state index in [4.69, 9.17) is 10.5 Å². The van der Waals surface area contributed by atoms with Crippen molar-refractivity contribution in [2.24, 2.45) is 17.6 Å². The van der Waals surface area contributed by atoms with Crippen LogP contribution in [0.3, 0.4) is 0 Å². The number of carbonyl (C=O) groups excluding carboxylic acids is 1. The monoisotopic (exact) mass is 215 g/mol. The Bertz CT molecular complexity index is 192. The van der Waals surface area contributed by atoms with Gasteiger partial charge in [-0.3, -0.25) is 4.79 Å². The van der Waals surface area contributed by atoms with Crippen LogP contribution < -0.4 is 5.73 Å². The van der Waals surface area contributed by atoms with Gasteiger partial charge in [0.05, 0.1) is 5.92 Å². The number of nitrogens with two attached hydrogens (primary N) is 1. The van der Waals surface area contributed by atoms with Gasteiger partial charge in [-0.25, -0.2) is 0 Å². The Kier molecular flexibility index (Phi) is 5.88. The lowest BCUT2D eigenvalue weighted by atomic mass is 9.88. The van der Waals surface area contributed by atoms with Gasteiger partial charge in [-0.05, 0) is 26.7 Å². The van der Waals surface area contributed by atoms with Gasteiger partial charge >= 0.3 is 5.97 Å². The first kappa shape index (κ1) is 14.4. The number of rotatable bonds is 5. The SMILES string of the molecule is CCC(CC)C(CN)C(=O)OC(C)(C)C. The fraction of sp³-hybridized carbons (Fsp3) is 0.917. The molecule has 2 N–H and O–H groups in total. The lowest BCUT2D eigenvalue weighted by Gasteiger charge is -2.27. The predicted octanol–water partition coefficient (Wildman–Crippen LogP) is 2.34. The standard InChI is InChI=1S/C12H25NO2/c1-6-9(7-2)10(8-13)11(14)15-12(3,4)5/h9-10H,6-8,13H2,1-5H3. The second-order valence-electron chi connectivity index (χ2n) is 4.95. The minimum atomic E-state index is -0.420. The first-order valence-electron chi connectivity index (χ1n) is 5.78. The van der Waals surface area contributed by atoms with Crippen molar-refractivity contribution in [1.29, 1.82) is 0 Å². The molecule has 0 radical (unpaired) electrons. The Labute approximate surface area is 93.4 Å². The highest BCUT2D eigenvalue weighted by Gasteiger charge is 2.29. The van der Waals surface area contributed by atoms with Gasteiger partial charge in [0.15, 0.2) is 0 Å². The van der Waals surface area contributed by atoms with E-state index in [1.165, 1.54) is 0 Å². The zero-order valence-corrected chi connectivity index (χ0v) is 10.7. The van der Waals surface area contributed by atoms with Crippen LogP contribution in [0.2, 0.25) is 0 Å². The number of ether oxygens (including phenoxy) is 1. The second kappa shape index (κ2) is 6.11. The smallest absolute Gasteiger partial charge is 0.311 e. The molecule has 0 amide bonds. The summed E-state index contributed by atoms with van der Waals surface area (Å²) in [6.45, 7) is 10.2. The van der Waals surface area contributed by atoms with Crippen LogP contribution in [0.1, 0.15) is 47.5 Å². The summed E-state index contributed by atoms with van der Waals surface area (Å²) in [6.07, 6.45) is 1.94. The maximum absolute atomic E-state index is 11.8. The number of carbonyl (C=O) groups is 1. The fourth-order valence-electron chi connectivity index (χ4n) is 1.72. The van der Waals surface area contributed by atoms with Gasteiger partial charge in [0.25, 0.3) is 0 Å². The summed E-state index contributed by atoms with van der Waals surface area (Å²) < 4.78 is 5.36. The molecule has 0 heterocycles. The molecule has 0 aromatic carbocycles. The Hall–Kier alpha value is -0.570. The molecule has 0 aromatic rings. The van der Waals surface area contributed by atoms with Crippen molar-refractivity contribution in [2.75, 3.05) is 6.54 Å². The highest BCUT2D eigenvalue weighted by Crippen LogP contribution is 2.22. The molecule has 1 unspecified atom stereocenters. The fourth-order valence-corrected chi connectivity index (χ4v) is 1.72. The van der Waals surface area contributed by atoms with Crippen molar-refractivity contribution in [3.05, 3.63) is 0 Å². The van der Waals surface area contributed by atoms with E-state index in [0.717, 1.165) is 12.8 Å². The molecule has 0 saturated carbocycles. The average molecular weight is 215 g/mol. The van der Waals surface area contributed by atoms with Crippen molar-refractivity contribution >= 4 is 5.97 Å². The molecular formula is C12H25NO2. The topological polar surface area (TPSA) is 52.3 Å². The lowest BCUT2D eigenvalue weighted by molar-refractivity contribution is -0.161. The first-order valence-corrected chi connectivity index (χ1v) is 5.78. The van der Waals surface area contributed by atoms with Crippen LogP contribution in [0, 0.1) is 11.8 Å². The molecule has 0 saturated heterocycles. The third kappa shape index (κ3) is 5.17. The van der Waals surface area contributed by atoms with Gasteiger partial charge < -0.3 is 10.5 Å². The van der Waals surface area contributed by atoms with Crippen molar-refractivity contribution < 1.29 is 9.53 Å². The van der Waals surface area contributed by atoms with Crippen LogP contribution in [0.25, 0.3) is 0 Å². The predicted molar refractivity (Wildman–Crippen MR) is 62.5 cm³/mol. The minimum Gasteiger partial charge on any atom is -0.460 e. The Balaban J connectivity index is 4.46. The maximum atomic E-state index is 11.8. The normalized spacial score (nSPS) is 14.1. The molecule has 0 aliphatic carbocycles. The molecule has 1 atom stereocenters. The van der Waals surface area contributed by atoms with Crippen molar-refractivity contribution in [2.45, 2.75) is 53.1 Å². The number of esters is 1. The molecule has 0 fully saturated rings. The molecular weight excluding hydrogens is 190 g/mol. The summed E-state index contributed by atoms with van der Waals surface area (Å²) in [6, 6.07) is 0. The summed E-state index contributed by atoms with van der Waals surface area (Å²) in [5.74, 6) is 0.0303. The number of hydrogen-bond acceptors (Lipinski definition) is 3. The van der Waals surface area contributed by atoms with Crippen LogP contribution >= 0.6 is 0 Å². The summed E-state index contributed by atoms with van der Waals surface area (Å²) in [7, 11) is 0. The van der Waals surface area contributed by atoms with E-state index in [1.807, 2.05) is 20.8 Å². The maximum Gasteiger partial charge on any atom is 0.311 e. The largest absolute Gasteiger partial charge is 0.460 e. The molecule has 3 nitrogen and oxygen atoms in total. The zero-order valence-electron chi connectivity index (χ0n) is 10.7. The molecule has 3 heteroatoms. The molecule has 0 aliphatic rings. The Morgan fingerprint density at radius 2 is 1.73 bits per heavy atom. The minimum absolute atomic E-state index is 0.153. The van der Waals surface area contributed by atoms with Crippen LogP contribution in [-0.2, 0) is 9.53 Å². The molecule has 0 aromatic heterocycles. The van der Waals surface area contributed by atoms with Gasteiger partial charge in [-0.15, -0.1) is 0 Å². The van der Waals surface area contributed by atoms with Crippen LogP contribution in [0.4, 0.5) is 0 Å². The summed E-state index contributed by atoms with van der Waals surface area (Å²) >= 11 is 0. The Morgan fingerprint density at radius 1 is 1.27 bits per heavy atom. The molecule has 90 valence electrons. The van der Waals surface area contributed by atoms with E-state index in [-0.39, 0.29) is 11.9 Å². The Morgan fingerprint density at radius 3 is 2.00 bits per heavy atom. The highest BCUT2D eigenvalue weighted by molar-refractivity contribution is 5.73. The van der Waals surface area contributed by atoms with E-state index < -0.39 is 5.60 Å². The van der Waals surface area contributed by atoms with Crippen molar-refractivity contribution in [3.8, 4) is 0 Å². The third-order valence-electron chi connectivity index (χ3n) is 2.58. The highest BCUT2D eigenvalue weighted by atomic mass is 16.6. The number of hydrogen-bond donors (Lipinski definition) is 1. The van der Waals surface area contributed by atoms with Crippen LogP contribution in [0.5, 0.6) is 0 Å². The molecule has 0 spiro atoms. The van der Waals surface area contributed by atoms with Gasteiger partial charge in [0.1, 0.15) is 5.60 Å². The third-order valence-corrected chi connectivity index (χ3v) is 2.58. The first-order chi connectivity index (χ1) is 6.85. The van der Waals surface area contributed by atoms with Gasteiger partial charge in [-0.2, -0.15) is 0 Å². The van der Waals surface area contributed by atoms with Gasteiger partial charge in [-0.1, -0.05) is 26.7 Å². The molecule has 0 aliphatic heterocycles. The van der Waals surface area contributed by atoms with E-state index in [9.17, 15) is 4.79 Å². The van der Waals surface area contributed by atoms with Crippen LogP contribution in [-0.4, -0.2) is 18.1 Å². The summed E-state index contributed by atoms with van der Waals surface area (Å²) in [5.41, 5.74) is 5.22. The van der Waals surface area contributed by atoms with E-state index in [1.54, 1.807) is 0 Å². The van der Waals surface area contributed by atoms with Crippen LogP contribution in [0.15, 0.2) is 0 Å². The zero-order chi connectivity index (χ0) is 12.1. The quantitative estimate of drug-likeness (QED) is 0.716. The average Bonchev–Trinajstić information content (AvgIpc) is 2.10. The van der Waals surface area contributed by atoms with E-state index in [2.05, 4.69) is 13.8 Å². The van der Waals surface area contributed by atoms with Crippen molar-refractivity contribution in [3.63, 3.8) is 0 Å². The van der Waals surface area contributed by atoms with E-state index >= 15 is 0 Å². The van der Waals surface area contributed by atoms with Crippen molar-refractivity contribution in [1.82, 2.24) is 0 Å². The summed E-state index contributed by atoms with van der Waals surface area (Å²) in [4.78, 5) is 11.8. The van der Waals surface area contributed by atoms with Gasteiger partial charge in [0, 0.05) is 6.54 Å². The molecule has 0 bridgehead atoms. The van der Waals surface area contributed by atoms with Gasteiger partial charge in [0.2, 0.25) is 0 Å².